The maximum atomic E-state index is 13.3. The van der Waals surface area contributed by atoms with Gasteiger partial charge in [-0.2, -0.15) is 4.31 Å². The van der Waals surface area contributed by atoms with Gasteiger partial charge in [0.15, 0.2) is 16.3 Å². The van der Waals surface area contributed by atoms with Crippen LogP contribution in [0.5, 0.6) is 11.5 Å². The van der Waals surface area contributed by atoms with Gasteiger partial charge in [0.05, 0.1) is 30.5 Å². The van der Waals surface area contributed by atoms with Crippen molar-refractivity contribution in [2.45, 2.75) is 37.1 Å². The Hall–Kier alpha value is -3.92. The van der Waals surface area contributed by atoms with Gasteiger partial charge in [0.2, 0.25) is 10.0 Å². The number of aryl methyl sites for hydroxylation is 1. The Kier molecular flexibility index (Phi) is 8.65. The van der Waals surface area contributed by atoms with Gasteiger partial charge in [-0.15, -0.1) is 11.3 Å². The van der Waals surface area contributed by atoms with Gasteiger partial charge in [0.1, 0.15) is 0 Å². The van der Waals surface area contributed by atoms with Crippen LogP contribution in [0.2, 0.25) is 0 Å². The molecular formula is C34H35N3O4S2. The lowest BCUT2D eigenvalue weighted by Gasteiger charge is -2.25. The largest absolute Gasteiger partial charge is 0.493 e. The quantitative estimate of drug-likeness (QED) is 0.179. The molecule has 1 saturated heterocycles. The second kappa shape index (κ2) is 12.8. The molecule has 4 aromatic carbocycles. The summed E-state index contributed by atoms with van der Waals surface area (Å²) in [6, 6.07) is 27.7. The number of ether oxygens (including phenoxy) is 2. The summed E-state index contributed by atoms with van der Waals surface area (Å²) in [7, 11) is -0.221. The van der Waals surface area contributed by atoms with E-state index in [1.54, 1.807) is 42.0 Å². The molecule has 43 heavy (non-hydrogen) atoms. The summed E-state index contributed by atoms with van der Waals surface area (Å²) in [5.74, 6) is 1.39. The normalized spacial score (nSPS) is 14.7. The van der Waals surface area contributed by atoms with Gasteiger partial charge in [-0.05, 0) is 66.1 Å². The number of thiazole rings is 1. The maximum Gasteiger partial charge on any atom is 0.243 e. The predicted octanol–water partition coefficient (Wildman–Crippen LogP) is 7.04. The van der Waals surface area contributed by atoms with Crippen molar-refractivity contribution in [3.63, 3.8) is 0 Å². The first-order chi connectivity index (χ1) is 21.0. The zero-order chi connectivity index (χ0) is 29.8. The van der Waals surface area contributed by atoms with Crippen molar-refractivity contribution in [2.24, 2.45) is 4.99 Å². The zero-order valence-electron chi connectivity index (χ0n) is 24.4. The number of piperidine rings is 1. The molecule has 0 radical (unpaired) electrons. The minimum atomic E-state index is -3.50. The minimum Gasteiger partial charge on any atom is -0.493 e. The second-order valence-electron chi connectivity index (χ2n) is 10.6. The molecule has 0 spiro atoms. The third-order valence-electron chi connectivity index (χ3n) is 7.96. The molecule has 6 rings (SSSR count). The lowest BCUT2D eigenvalue weighted by atomic mass is 10.1. The number of hydrogen-bond donors (Lipinski definition) is 0. The summed E-state index contributed by atoms with van der Waals surface area (Å²) < 4.78 is 41.3. The highest BCUT2D eigenvalue weighted by Gasteiger charge is 2.26. The molecule has 0 saturated carbocycles. The molecular weight excluding hydrogens is 579 g/mol. The van der Waals surface area contributed by atoms with Crippen molar-refractivity contribution < 1.29 is 17.9 Å². The first kappa shape index (κ1) is 29.2. The Morgan fingerprint density at radius 3 is 2.35 bits per heavy atom. The van der Waals surface area contributed by atoms with Gasteiger partial charge in [-0.3, -0.25) is 0 Å². The molecule has 0 unspecified atom stereocenters. The zero-order valence-corrected chi connectivity index (χ0v) is 26.0. The number of benzene rings is 4. The summed E-state index contributed by atoms with van der Waals surface area (Å²) in [4.78, 5) is 6.35. The summed E-state index contributed by atoms with van der Waals surface area (Å²) >= 11 is 1.58. The Labute approximate surface area is 256 Å². The third kappa shape index (κ3) is 6.11. The lowest BCUT2D eigenvalue weighted by molar-refractivity contribution is 0.346. The highest BCUT2D eigenvalue weighted by atomic mass is 32.2. The van der Waals surface area contributed by atoms with Crippen molar-refractivity contribution >= 4 is 37.8 Å². The van der Waals surface area contributed by atoms with Crippen molar-refractivity contribution in [1.82, 2.24) is 8.87 Å². The van der Waals surface area contributed by atoms with E-state index in [0.717, 1.165) is 63.8 Å². The molecule has 5 aromatic rings. The van der Waals surface area contributed by atoms with E-state index in [2.05, 4.69) is 34.2 Å². The van der Waals surface area contributed by atoms with Crippen LogP contribution in [0.25, 0.3) is 22.0 Å². The molecule has 1 aliphatic heterocycles. The van der Waals surface area contributed by atoms with E-state index in [-0.39, 0.29) is 0 Å². The van der Waals surface area contributed by atoms with Crippen molar-refractivity contribution in [3.8, 4) is 22.8 Å². The van der Waals surface area contributed by atoms with Gasteiger partial charge >= 0.3 is 0 Å². The number of hydrogen-bond acceptors (Lipinski definition) is 6. The molecule has 9 heteroatoms. The fraction of sp³-hybridized carbons (Fsp3) is 0.265. The molecule has 0 amide bonds. The molecule has 7 nitrogen and oxygen atoms in total. The molecule has 1 aromatic heterocycles. The topological polar surface area (TPSA) is 73.1 Å². The monoisotopic (exact) mass is 613 g/mol. The van der Waals surface area contributed by atoms with E-state index in [4.69, 9.17) is 14.5 Å². The third-order valence-corrected chi connectivity index (χ3v) is 10.7. The lowest BCUT2D eigenvalue weighted by Crippen LogP contribution is -2.35. The van der Waals surface area contributed by atoms with Gasteiger partial charge < -0.3 is 14.0 Å². The minimum absolute atomic E-state index is 0.339. The van der Waals surface area contributed by atoms with Gasteiger partial charge in [-0.1, -0.05) is 61.0 Å². The van der Waals surface area contributed by atoms with Crippen LogP contribution in [0.3, 0.4) is 0 Å². The molecule has 1 aliphatic rings. The highest BCUT2D eigenvalue weighted by Crippen LogP contribution is 2.30. The van der Waals surface area contributed by atoms with E-state index in [0.29, 0.717) is 36.0 Å². The van der Waals surface area contributed by atoms with E-state index >= 15 is 0 Å². The molecule has 0 N–H and O–H groups in total. The number of sulfonamides is 1. The highest BCUT2D eigenvalue weighted by molar-refractivity contribution is 7.89. The van der Waals surface area contributed by atoms with E-state index in [1.807, 2.05) is 48.5 Å². The van der Waals surface area contributed by atoms with Gasteiger partial charge in [0, 0.05) is 30.4 Å². The number of rotatable bonds is 9. The molecule has 0 atom stereocenters. The fourth-order valence-electron chi connectivity index (χ4n) is 5.60. The summed E-state index contributed by atoms with van der Waals surface area (Å²) in [5.41, 5.74) is 3.96. The van der Waals surface area contributed by atoms with Crippen molar-refractivity contribution in [3.05, 3.63) is 101 Å². The first-order valence-corrected chi connectivity index (χ1v) is 16.8. The Morgan fingerprint density at radius 2 is 1.58 bits per heavy atom. The van der Waals surface area contributed by atoms with Crippen molar-refractivity contribution in [1.29, 1.82) is 0 Å². The summed E-state index contributed by atoms with van der Waals surface area (Å²) in [5, 5.41) is 4.34. The first-order valence-electron chi connectivity index (χ1n) is 14.5. The Bertz CT molecular complexity index is 1900. The van der Waals surface area contributed by atoms with Crippen LogP contribution in [-0.4, -0.2) is 44.6 Å². The summed E-state index contributed by atoms with van der Waals surface area (Å²) in [6.07, 6.45) is 3.65. The average molecular weight is 614 g/mol. The van der Waals surface area contributed by atoms with Crippen LogP contribution in [0.1, 0.15) is 24.8 Å². The number of nitrogens with zero attached hydrogens (tertiary/aromatic N) is 3. The summed E-state index contributed by atoms with van der Waals surface area (Å²) in [6.45, 7) is 1.85. The van der Waals surface area contributed by atoms with E-state index in [9.17, 15) is 8.42 Å². The average Bonchev–Trinajstić information content (AvgIpc) is 3.46. The van der Waals surface area contributed by atoms with Crippen LogP contribution in [-0.2, 0) is 23.0 Å². The fourth-order valence-corrected chi connectivity index (χ4v) is 8.07. The van der Waals surface area contributed by atoms with Gasteiger partial charge in [0.25, 0.3) is 0 Å². The number of fused-ring (bicyclic) bond motifs is 1. The van der Waals surface area contributed by atoms with Crippen LogP contribution in [0, 0.1) is 0 Å². The van der Waals surface area contributed by atoms with Crippen LogP contribution in [0.4, 0.5) is 5.69 Å². The number of aromatic nitrogens is 1. The van der Waals surface area contributed by atoms with Crippen LogP contribution < -0.4 is 14.3 Å². The van der Waals surface area contributed by atoms with E-state index < -0.39 is 10.0 Å². The molecule has 0 bridgehead atoms. The maximum absolute atomic E-state index is 13.3. The number of methoxy groups -OCH3 is 2. The second-order valence-corrected chi connectivity index (χ2v) is 13.4. The van der Waals surface area contributed by atoms with Crippen LogP contribution >= 0.6 is 11.3 Å². The van der Waals surface area contributed by atoms with Crippen LogP contribution in [0.15, 0.2) is 100 Å². The predicted molar refractivity (Wildman–Crippen MR) is 173 cm³/mol. The molecule has 0 aliphatic carbocycles. The van der Waals surface area contributed by atoms with E-state index in [1.165, 1.54) is 0 Å². The Balaban J connectivity index is 1.39. The Morgan fingerprint density at radius 1 is 0.837 bits per heavy atom. The van der Waals surface area contributed by atoms with Crippen molar-refractivity contribution in [2.75, 3.05) is 27.3 Å². The molecule has 2 heterocycles. The molecule has 1 fully saturated rings. The van der Waals surface area contributed by atoms with Gasteiger partial charge in [-0.25, -0.2) is 13.4 Å². The molecule has 222 valence electrons. The standard InChI is InChI=1S/C34H35N3O4S2/c1-40-32-18-13-25(23-33(32)41-2)19-22-37-31(24-42-34(37)35-30-12-8-10-26-9-4-5-11-29(26)30)27-14-16-28(17-15-27)43(38,39)36-20-6-3-7-21-36/h4-5,8-18,23-24H,3,6-7,19-22H2,1-2H3. The smallest absolute Gasteiger partial charge is 0.243 e. The SMILES string of the molecule is COc1ccc(CCn2c(-c3ccc(S(=O)(=O)N4CCCCC4)cc3)csc2=Nc2cccc3ccccc23)cc1OC.